The van der Waals surface area contributed by atoms with Crippen LogP contribution in [0, 0.1) is 5.82 Å². The quantitative estimate of drug-likeness (QED) is 0.573. The maximum atomic E-state index is 13.4. The van der Waals surface area contributed by atoms with Crippen molar-refractivity contribution in [2.75, 3.05) is 11.4 Å². The van der Waals surface area contributed by atoms with E-state index in [1.165, 1.54) is 17.0 Å². The number of hydrogen-bond acceptors (Lipinski definition) is 5. The zero-order valence-corrected chi connectivity index (χ0v) is 17.7. The average molecular weight is 462 g/mol. The van der Waals surface area contributed by atoms with Crippen molar-refractivity contribution in [3.05, 3.63) is 64.4 Å². The van der Waals surface area contributed by atoms with Gasteiger partial charge in [0.2, 0.25) is 0 Å². The number of halogens is 2. The summed E-state index contributed by atoms with van der Waals surface area (Å²) in [5.41, 5.74) is 1.19. The Bertz CT molecular complexity index is 1060. The molecule has 0 radical (unpaired) electrons. The second kappa shape index (κ2) is 8.76. The van der Waals surface area contributed by atoms with E-state index in [2.05, 4.69) is 10.6 Å². The van der Waals surface area contributed by atoms with E-state index in [9.17, 15) is 23.9 Å². The Morgan fingerprint density at radius 2 is 2.03 bits per heavy atom. The summed E-state index contributed by atoms with van der Waals surface area (Å²) in [6.07, 6.45) is 0.716. The van der Waals surface area contributed by atoms with Crippen LogP contribution >= 0.6 is 11.6 Å². The summed E-state index contributed by atoms with van der Waals surface area (Å²) in [7, 11) is 0. The van der Waals surface area contributed by atoms with E-state index in [1.54, 1.807) is 24.3 Å². The Hall–Kier alpha value is -3.17. The molecule has 2 aliphatic rings. The number of alkyl carbamates (subject to hydrolysis) is 1. The van der Waals surface area contributed by atoms with Gasteiger partial charge in [-0.25, -0.2) is 9.18 Å². The molecule has 168 valence electrons. The van der Waals surface area contributed by atoms with Crippen molar-refractivity contribution in [3.63, 3.8) is 0 Å². The fourth-order valence-corrected chi connectivity index (χ4v) is 3.66. The first-order chi connectivity index (χ1) is 15.2. The Labute approximate surface area is 188 Å². The van der Waals surface area contributed by atoms with Crippen LogP contribution in [0.5, 0.6) is 0 Å². The molecule has 2 aromatic carbocycles. The highest BCUT2D eigenvalue weighted by Crippen LogP contribution is 2.30. The number of amides is 3. The molecule has 0 spiro atoms. The molecule has 0 aromatic heterocycles. The fraction of sp³-hybridized carbons (Fsp3) is 0.318. The standard InChI is InChI=1S/C22H21ClFN3O5/c23-15-8-13(9-16(24)11-15)12-25-21(30)32-22(31)6-7-27(20(22)29)18-3-1-2-14(10-18)19(28)26-17-4-5-17/h1-3,8-11,17,31H,4-7,12H2,(H,25,30)(H,26,28)/t22-/m1/s1. The number of benzene rings is 2. The first-order valence-corrected chi connectivity index (χ1v) is 10.5. The molecule has 1 atom stereocenters. The van der Waals surface area contributed by atoms with E-state index < -0.39 is 23.6 Å². The summed E-state index contributed by atoms with van der Waals surface area (Å²) in [6.45, 7) is -0.0156. The molecule has 1 saturated heterocycles. The molecule has 1 aliphatic heterocycles. The highest BCUT2D eigenvalue weighted by atomic mass is 35.5. The minimum absolute atomic E-state index is 0.0931. The number of ether oxygens (including phenoxy) is 1. The molecule has 0 bridgehead atoms. The lowest BCUT2D eigenvalue weighted by Crippen LogP contribution is -2.46. The van der Waals surface area contributed by atoms with Crippen LogP contribution in [0.15, 0.2) is 42.5 Å². The van der Waals surface area contributed by atoms with E-state index in [1.807, 2.05) is 0 Å². The van der Waals surface area contributed by atoms with Gasteiger partial charge in [-0.05, 0) is 54.8 Å². The highest BCUT2D eigenvalue weighted by molar-refractivity contribution is 6.30. The molecule has 1 heterocycles. The molecule has 2 aromatic rings. The normalized spacial score (nSPS) is 20.2. The summed E-state index contributed by atoms with van der Waals surface area (Å²) in [5.74, 6) is -3.96. The minimum atomic E-state index is -2.35. The van der Waals surface area contributed by atoms with E-state index in [0.717, 1.165) is 18.9 Å². The Morgan fingerprint density at radius 1 is 1.25 bits per heavy atom. The van der Waals surface area contributed by atoms with Gasteiger partial charge in [0.05, 0.1) is 0 Å². The molecule has 1 aliphatic carbocycles. The van der Waals surface area contributed by atoms with Crippen molar-refractivity contribution in [3.8, 4) is 0 Å². The van der Waals surface area contributed by atoms with Gasteiger partial charge in [0.25, 0.3) is 17.6 Å². The van der Waals surface area contributed by atoms with Gasteiger partial charge in [0, 0.05) is 41.8 Å². The van der Waals surface area contributed by atoms with Crippen LogP contribution in [0.1, 0.15) is 35.2 Å². The van der Waals surface area contributed by atoms with Crippen LogP contribution in [0.25, 0.3) is 0 Å². The lowest BCUT2D eigenvalue weighted by atomic mass is 10.1. The average Bonchev–Trinajstić information content (AvgIpc) is 3.50. The third-order valence-corrected chi connectivity index (χ3v) is 5.43. The van der Waals surface area contributed by atoms with Crippen LogP contribution in [-0.2, 0) is 16.1 Å². The van der Waals surface area contributed by atoms with E-state index in [0.29, 0.717) is 16.8 Å². The number of carbonyl (C=O) groups is 3. The van der Waals surface area contributed by atoms with Gasteiger partial charge < -0.3 is 25.4 Å². The minimum Gasteiger partial charge on any atom is -0.407 e. The van der Waals surface area contributed by atoms with Crippen LogP contribution in [0.4, 0.5) is 14.9 Å². The summed E-state index contributed by atoms with van der Waals surface area (Å²) >= 11 is 5.78. The number of rotatable bonds is 6. The number of carbonyl (C=O) groups excluding carboxylic acids is 3. The van der Waals surface area contributed by atoms with Gasteiger partial charge in [0.15, 0.2) is 0 Å². The lowest BCUT2D eigenvalue weighted by molar-refractivity contribution is -0.175. The Balaban J connectivity index is 1.38. The zero-order valence-electron chi connectivity index (χ0n) is 16.9. The van der Waals surface area contributed by atoms with Crippen molar-refractivity contribution >= 4 is 35.2 Å². The maximum absolute atomic E-state index is 13.4. The predicted molar refractivity (Wildman–Crippen MR) is 114 cm³/mol. The van der Waals surface area contributed by atoms with Crippen molar-refractivity contribution in [1.29, 1.82) is 0 Å². The van der Waals surface area contributed by atoms with Gasteiger partial charge in [-0.1, -0.05) is 17.7 Å². The Kier molecular flexibility index (Phi) is 6.03. The van der Waals surface area contributed by atoms with Crippen molar-refractivity contribution in [2.24, 2.45) is 0 Å². The fourth-order valence-electron chi connectivity index (χ4n) is 3.41. The van der Waals surface area contributed by atoms with Gasteiger partial charge in [-0.2, -0.15) is 0 Å². The van der Waals surface area contributed by atoms with Crippen LogP contribution in [-0.4, -0.2) is 41.4 Å². The van der Waals surface area contributed by atoms with Gasteiger partial charge >= 0.3 is 6.09 Å². The summed E-state index contributed by atoms with van der Waals surface area (Å²) in [4.78, 5) is 38.5. The molecule has 3 N–H and O–H groups in total. The van der Waals surface area contributed by atoms with Crippen molar-refractivity contribution < 1.29 is 28.6 Å². The van der Waals surface area contributed by atoms with Gasteiger partial charge in [-0.3, -0.25) is 9.59 Å². The SMILES string of the molecule is O=C(NCc1cc(F)cc(Cl)c1)O[C@]1(O)CCN(c2cccc(C(=O)NC3CC3)c2)C1=O. The topological polar surface area (TPSA) is 108 Å². The smallest absolute Gasteiger partial charge is 0.407 e. The summed E-state index contributed by atoms with van der Waals surface area (Å²) in [5, 5.41) is 16.0. The molecule has 10 heteroatoms. The predicted octanol–water partition coefficient (Wildman–Crippen LogP) is 2.72. The zero-order chi connectivity index (χ0) is 22.9. The first kappa shape index (κ1) is 22.0. The number of hydrogen-bond donors (Lipinski definition) is 3. The molecular formula is C22H21ClFN3O5. The van der Waals surface area contributed by atoms with Gasteiger partial charge in [-0.15, -0.1) is 0 Å². The van der Waals surface area contributed by atoms with Gasteiger partial charge in [0.1, 0.15) is 5.82 Å². The monoisotopic (exact) mass is 461 g/mol. The number of aliphatic hydroxyl groups is 1. The van der Waals surface area contributed by atoms with Crippen LogP contribution < -0.4 is 15.5 Å². The second-order valence-electron chi connectivity index (χ2n) is 7.81. The Morgan fingerprint density at radius 3 is 2.75 bits per heavy atom. The molecule has 1 saturated carbocycles. The van der Waals surface area contributed by atoms with Crippen LogP contribution in [0.2, 0.25) is 5.02 Å². The first-order valence-electron chi connectivity index (χ1n) is 10.1. The summed E-state index contributed by atoms with van der Waals surface area (Å²) < 4.78 is 18.4. The maximum Gasteiger partial charge on any atom is 0.410 e. The lowest BCUT2D eigenvalue weighted by Gasteiger charge is -2.22. The number of nitrogens with one attached hydrogen (secondary N) is 2. The largest absolute Gasteiger partial charge is 0.410 e. The van der Waals surface area contributed by atoms with E-state index in [4.69, 9.17) is 16.3 Å². The number of anilines is 1. The third-order valence-electron chi connectivity index (χ3n) is 5.21. The summed E-state index contributed by atoms with van der Waals surface area (Å²) in [6, 6.07) is 10.4. The number of nitrogens with zero attached hydrogens (tertiary/aromatic N) is 1. The molecule has 2 fully saturated rings. The third kappa shape index (κ3) is 5.00. The van der Waals surface area contributed by atoms with E-state index in [-0.39, 0.29) is 36.5 Å². The molecule has 8 nitrogen and oxygen atoms in total. The molecule has 4 rings (SSSR count). The molecule has 0 unspecified atom stereocenters. The van der Waals surface area contributed by atoms with Crippen molar-refractivity contribution in [2.45, 2.75) is 37.6 Å². The molecular weight excluding hydrogens is 441 g/mol. The van der Waals surface area contributed by atoms with Crippen LogP contribution in [0.3, 0.4) is 0 Å². The highest BCUT2D eigenvalue weighted by Gasteiger charge is 2.49. The molecule has 32 heavy (non-hydrogen) atoms. The molecule has 3 amide bonds. The van der Waals surface area contributed by atoms with E-state index >= 15 is 0 Å². The second-order valence-corrected chi connectivity index (χ2v) is 8.25. The van der Waals surface area contributed by atoms with Crippen molar-refractivity contribution in [1.82, 2.24) is 10.6 Å².